The van der Waals surface area contributed by atoms with Gasteiger partial charge in [-0.05, 0) is 18.6 Å². The number of nitrogens with one attached hydrogen (secondary N) is 2. The van der Waals surface area contributed by atoms with E-state index in [-0.39, 0.29) is 0 Å². The Bertz CT molecular complexity index is 894. The minimum atomic E-state index is -6.23. The van der Waals surface area contributed by atoms with Crippen molar-refractivity contribution in [2.45, 2.75) is 17.9 Å². The second-order valence-corrected chi connectivity index (χ2v) is 7.31. The van der Waals surface area contributed by atoms with Gasteiger partial charge in [-0.3, -0.25) is 10.8 Å². The summed E-state index contributed by atoms with van der Waals surface area (Å²) in [5.41, 5.74) is -15.3. The molecule has 1 rings (SSSR count). The number of hydrogen-bond acceptors (Lipinski definition) is 8. The highest BCUT2D eigenvalue weighted by Gasteiger charge is 2.51. The van der Waals surface area contributed by atoms with Crippen LogP contribution in [0.5, 0.6) is 0 Å². The minimum Gasteiger partial charge on any atom is -0.374 e. The van der Waals surface area contributed by atoms with Crippen molar-refractivity contribution in [1.29, 1.82) is 10.8 Å². The molecule has 0 aliphatic heterocycles. The van der Waals surface area contributed by atoms with Gasteiger partial charge < -0.3 is 8.37 Å². The van der Waals surface area contributed by atoms with E-state index < -0.39 is 59.8 Å². The lowest BCUT2D eigenvalue weighted by atomic mass is 10.0. The van der Waals surface area contributed by atoms with Gasteiger partial charge in [0.1, 0.15) is 11.4 Å². The van der Waals surface area contributed by atoms with Crippen molar-refractivity contribution in [2.75, 3.05) is 0 Å². The summed E-state index contributed by atoms with van der Waals surface area (Å²) in [6.07, 6.45) is 0.310. The van der Waals surface area contributed by atoms with Crippen LogP contribution in [0.25, 0.3) is 0 Å². The van der Waals surface area contributed by atoms with Gasteiger partial charge in [0.05, 0.1) is 0 Å². The van der Waals surface area contributed by atoms with Gasteiger partial charge in [-0.15, -0.1) is 0 Å². The summed E-state index contributed by atoms with van der Waals surface area (Å²) in [4.78, 5) is 0. The number of rotatable bonds is 4. The van der Waals surface area contributed by atoms with Crippen molar-refractivity contribution in [2.24, 2.45) is 0 Å². The van der Waals surface area contributed by atoms with Gasteiger partial charge in [0.15, 0.2) is 11.5 Å². The Morgan fingerprint density at radius 2 is 1.24 bits per heavy atom. The molecule has 0 aromatic carbocycles. The van der Waals surface area contributed by atoms with Crippen LogP contribution in [0.4, 0.5) is 26.3 Å². The zero-order chi connectivity index (χ0) is 20.0. The lowest BCUT2D eigenvalue weighted by Gasteiger charge is -2.20. The first-order valence-corrected chi connectivity index (χ1v) is 8.34. The zero-order valence-corrected chi connectivity index (χ0v) is 13.2. The fraction of sp³-hybridized carbons (Fsp3) is 0.333. The standard InChI is InChI=1S/C9H6F6N2O6S2/c1-3-2-4(22-24(18,19)8(10,11)12)5(16)6(17)7(3)23-25(20,21)9(13,14)15/h2,16-17H,1H3. The van der Waals surface area contributed by atoms with Crippen molar-refractivity contribution in [3.8, 4) is 0 Å². The molecule has 0 amide bonds. The third-order valence-electron chi connectivity index (χ3n) is 2.39. The molecule has 0 unspecified atom stereocenters. The highest BCUT2D eigenvalue weighted by molar-refractivity contribution is 7.88. The molecule has 0 radical (unpaired) electrons. The monoisotopic (exact) mass is 416 g/mol. The van der Waals surface area contributed by atoms with E-state index in [9.17, 15) is 43.2 Å². The Morgan fingerprint density at radius 3 is 1.64 bits per heavy atom. The molecule has 0 fully saturated rings. The van der Waals surface area contributed by atoms with Gasteiger partial charge >= 0.3 is 31.3 Å². The first-order chi connectivity index (χ1) is 10.9. The number of alkyl halides is 6. The molecular formula is C9H6F6N2O6S2. The van der Waals surface area contributed by atoms with E-state index >= 15 is 0 Å². The smallest absolute Gasteiger partial charge is 0.374 e. The number of hydrogen-bond donors (Lipinski definition) is 2. The van der Waals surface area contributed by atoms with Crippen LogP contribution in [0.2, 0.25) is 0 Å². The molecule has 2 N–H and O–H groups in total. The summed E-state index contributed by atoms with van der Waals surface area (Å²) >= 11 is 0. The SMILES string of the molecule is CC1=C(OS(=O)(=O)C(F)(F)F)C(=N)C(=N)C(OS(=O)(=O)C(F)(F)F)=C1. The lowest BCUT2D eigenvalue weighted by molar-refractivity contribution is -0.0524. The highest BCUT2D eigenvalue weighted by Crippen LogP contribution is 2.32. The average molecular weight is 416 g/mol. The Hall–Kier alpha value is -2.10. The van der Waals surface area contributed by atoms with Gasteiger partial charge in [0.25, 0.3) is 0 Å². The molecule has 0 heterocycles. The highest BCUT2D eigenvalue weighted by atomic mass is 32.2. The van der Waals surface area contributed by atoms with Gasteiger partial charge in [-0.1, -0.05) is 0 Å². The van der Waals surface area contributed by atoms with Crippen LogP contribution in [0.1, 0.15) is 6.92 Å². The van der Waals surface area contributed by atoms with Crippen LogP contribution in [-0.2, 0) is 28.6 Å². The maximum atomic E-state index is 12.3. The Balaban J connectivity index is 3.34. The van der Waals surface area contributed by atoms with Crippen molar-refractivity contribution in [3.63, 3.8) is 0 Å². The topological polar surface area (TPSA) is 134 Å². The van der Waals surface area contributed by atoms with Crippen LogP contribution < -0.4 is 0 Å². The summed E-state index contributed by atoms with van der Waals surface area (Å²) in [7, 11) is -12.4. The quantitative estimate of drug-likeness (QED) is 0.311. The molecule has 0 saturated carbocycles. The van der Waals surface area contributed by atoms with Crippen LogP contribution in [0.15, 0.2) is 23.2 Å². The summed E-state index contributed by atoms with van der Waals surface area (Å²) in [5, 5.41) is 14.6. The van der Waals surface area contributed by atoms with E-state index in [1.807, 2.05) is 0 Å². The maximum Gasteiger partial charge on any atom is 0.534 e. The normalized spacial score (nSPS) is 17.5. The lowest BCUT2D eigenvalue weighted by Crippen LogP contribution is -2.33. The van der Waals surface area contributed by atoms with Gasteiger partial charge in [-0.2, -0.15) is 43.2 Å². The average Bonchev–Trinajstić information content (AvgIpc) is 2.38. The first-order valence-electron chi connectivity index (χ1n) is 5.53. The predicted molar refractivity (Wildman–Crippen MR) is 68.4 cm³/mol. The van der Waals surface area contributed by atoms with Crippen LogP contribution in [0.3, 0.4) is 0 Å². The summed E-state index contributed by atoms with van der Waals surface area (Å²) in [6.45, 7) is 0.797. The molecular weight excluding hydrogens is 410 g/mol. The molecule has 0 spiro atoms. The van der Waals surface area contributed by atoms with Crippen molar-refractivity contribution < 1.29 is 51.5 Å². The summed E-state index contributed by atoms with van der Waals surface area (Å²) in [5.74, 6) is -2.67. The molecule has 1 aliphatic carbocycles. The molecule has 16 heteroatoms. The predicted octanol–water partition coefficient (Wildman–Crippen LogP) is 1.93. The van der Waals surface area contributed by atoms with Gasteiger partial charge in [0.2, 0.25) is 0 Å². The molecule has 0 atom stereocenters. The zero-order valence-electron chi connectivity index (χ0n) is 11.6. The largest absolute Gasteiger partial charge is 0.534 e. The van der Waals surface area contributed by atoms with Crippen LogP contribution in [-0.4, -0.2) is 39.3 Å². The molecule has 0 aromatic rings. The molecule has 0 aromatic heterocycles. The van der Waals surface area contributed by atoms with E-state index in [0.29, 0.717) is 6.08 Å². The van der Waals surface area contributed by atoms with Gasteiger partial charge in [0, 0.05) is 0 Å². The number of allylic oxidation sites excluding steroid dienone is 4. The van der Waals surface area contributed by atoms with E-state index in [4.69, 9.17) is 10.8 Å². The Morgan fingerprint density at radius 1 is 0.840 bits per heavy atom. The van der Waals surface area contributed by atoms with Crippen LogP contribution in [0, 0.1) is 10.8 Å². The number of halogens is 6. The Labute approximate surface area is 136 Å². The molecule has 0 saturated heterocycles. The second kappa shape index (κ2) is 6.01. The van der Waals surface area contributed by atoms with Gasteiger partial charge in [-0.25, -0.2) is 0 Å². The third kappa shape index (κ3) is 4.12. The van der Waals surface area contributed by atoms with E-state index in [1.54, 1.807) is 0 Å². The minimum absolute atomic E-state index is 0.310. The summed E-state index contributed by atoms with van der Waals surface area (Å²) < 4.78 is 124. The fourth-order valence-electron chi connectivity index (χ4n) is 1.26. The fourth-order valence-corrected chi connectivity index (χ4v) is 2.25. The first kappa shape index (κ1) is 20.9. The Kier molecular flexibility index (Phi) is 5.03. The van der Waals surface area contributed by atoms with Crippen molar-refractivity contribution in [3.05, 3.63) is 23.2 Å². The summed E-state index contributed by atoms with van der Waals surface area (Å²) in [6, 6.07) is 0. The van der Waals surface area contributed by atoms with Crippen molar-refractivity contribution in [1.82, 2.24) is 0 Å². The van der Waals surface area contributed by atoms with E-state index in [2.05, 4.69) is 8.37 Å². The molecule has 0 bridgehead atoms. The van der Waals surface area contributed by atoms with E-state index in [0.717, 1.165) is 6.92 Å². The van der Waals surface area contributed by atoms with Crippen molar-refractivity contribution >= 4 is 31.7 Å². The maximum absolute atomic E-state index is 12.3. The third-order valence-corrected chi connectivity index (χ3v) is 4.31. The molecule has 142 valence electrons. The molecule has 25 heavy (non-hydrogen) atoms. The molecule has 1 aliphatic rings. The van der Waals surface area contributed by atoms with Crippen LogP contribution >= 0.6 is 0 Å². The van der Waals surface area contributed by atoms with E-state index in [1.165, 1.54) is 0 Å². The molecule has 8 nitrogen and oxygen atoms in total. The second-order valence-electron chi connectivity index (χ2n) is 4.24.